The van der Waals surface area contributed by atoms with Crippen molar-refractivity contribution in [1.29, 1.82) is 0 Å². The number of aryl methyl sites for hydroxylation is 6. The Labute approximate surface area is 153 Å². The minimum Gasteiger partial charge on any atom is -0.0622 e. The lowest BCUT2D eigenvalue weighted by molar-refractivity contribution is 1.31. The normalized spacial score (nSPS) is 11.2. The van der Waals surface area contributed by atoms with E-state index in [2.05, 4.69) is 96.1 Å². The van der Waals surface area contributed by atoms with Gasteiger partial charge in [0.05, 0.1) is 0 Å². The van der Waals surface area contributed by atoms with Gasteiger partial charge in [0.15, 0.2) is 0 Å². The third kappa shape index (κ3) is 3.55. The van der Waals surface area contributed by atoms with Crippen molar-refractivity contribution < 1.29 is 0 Å². The van der Waals surface area contributed by atoms with E-state index in [9.17, 15) is 0 Å². The van der Waals surface area contributed by atoms with Crippen molar-refractivity contribution in [3.05, 3.63) is 88.0 Å². The van der Waals surface area contributed by atoms with Gasteiger partial charge in [-0.2, -0.15) is 0 Å². The van der Waals surface area contributed by atoms with Crippen LogP contribution in [0.3, 0.4) is 0 Å². The standard InChI is InChI=1S/C24H27P/c1-16-12-20(5)23(14-18(16)3)25(22-10-8-7-9-11-22)24-15-19(4)17(2)13-21(24)6/h7-15H,1-6H3. The van der Waals surface area contributed by atoms with Crippen molar-refractivity contribution >= 4 is 23.8 Å². The molecular weight excluding hydrogens is 319 g/mol. The molecule has 0 aliphatic heterocycles. The molecule has 0 N–H and O–H groups in total. The molecule has 3 aromatic carbocycles. The van der Waals surface area contributed by atoms with Crippen molar-refractivity contribution in [3.63, 3.8) is 0 Å². The Hall–Kier alpha value is -1.91. The molecule has 3 rings (SSSR count). The molecule has 0 heterocycles. The van der Waals surface area contributed by atoms with Gasteiger partial charge in [-0.05, 0) is 98.8 Å². The van der Waals surface area contributed by atoms with Crippen LogP contribution in [0.1, 0.15) is 33.4 Å². The average Bonchev–Trinajstić information content (AvgIpc) is 2.58. The number of rotatable bonds is 3. The zero-order chi connectivity index (χ0) is 18.1. The first-order valence-electron chi connectivity index (χ1n) is 8.89. The van der Waals surface area contributed by atoms with Crippen LogP contribution in [0.25, 0.3) is 0 Å². The Kier molecular flexibility index (Phi) is 5.11. The Bertz CT molecular complexity index is 850. The maximum absolute atomic E-state index is 2.41. The molecule has 0 aliphatic rings. The highest BCUT2D eigenvalue weighted by Gasteiger charge is 2.21. The van der Waals surface area contributed by atoms with E-state index in [-0.39, 0.29) is 0 Å². The molecule has 0 aromatic heterocycles. The van der Waals surface area contributed by atoms with Crippen LogP contribution in [0.15, 0.2) is 54.6 Å². The zero-order valence-corrected chi connectivity index (χ0v) is 17.0. The highest BCUT2D eigenvalue weighted by molar-refractivity contribution is 7.80. The van der Waals surface area contributed by atoms with Gasteiger partial charge in [-0.25, -0.2) is 0 Å². The Morgan fingerprint density at radius 3 is 1.32 bits per heavy atom. The third-order valence-corrected chi connectivity index (χ3v) is 7.86. The van der Waals surface area contributed by atoms with E-state index in [1.165, 1.54) is 49.3 Å². The maximum atomic E-state index is 2.41. The second-order valence-corrected chi connectivity index (χ2v) is 9.27. The fourth-order valence-electron chi connectivity index (χ4n) is 3.36. The van der Waals surface area contributed by atoms with Gasteiger partial charge in [0.2, 0.25) is 0 Å². The molecule has 0 bridgehead atoms. The van der Waals surface area contributed by atoms with E-state index < -0.39 is 7.92 Å². The van der Waals surface area contributed by atoms with E-state index in [1.807, 2.05) is 0 Å². The predicted octanol–water partition coefficient (Wildman–Crippen LogP) is 5.30. The summed E-state index contributed by atoms with van der Waals surface area (Å²) in [5.41, 5.74) is 8.31. The van der Waals surface area contributed by atoms with Gasteiger partial charge >= 0.3 is 0 Å². The molecule has 0 radical (unpaired) electrons. The van der Waals surface area contributed by atoms with Crippen LogP contribution in [-0.2, 0) is 0 Å². The number of hydrogen-bond acceptors (Lipinski definition) is 0. The highest BCUT2D eigenvalue weighted by Crippen LogP contribution is 2.36. The van der Waals surface area contributed by atoms with E-state index in [0.717, 1.165) is 0 Å². The van der Waals surface area contributed by atoms with Gasteiger partial charge in [0.25, 0.3) is 0 Å². The summed E-state index contributed by atoms with van der Waals surface area (Å²) >= 11 is 0. The summed E-state index contributed by atoms with van der Waals surface area (Å²) in [6.07, 6.45) is 0. The van der Waals surface area contributed by atoms with Crippen LogP contribution >= 0.6 is 7.92 Å². The Balaban J connectivity index is 2.29. The molecule has 0 spiro atoms. The molecule has 0 aliphatic carbocycles. The summed E-state index contributed by atoms with van der Waals surface area (Å²) in [5.74, 6) is 0. The lowest BCUT2D eigenvalue weighted by Gasteiger charge is -2.25. The first-order valence-corrected chi connectivity index (χ1v) is 10.2. The minimum absolute atomic E-state index is 0.545. The van der Waals surface area contributed by atoms with Gasteiger partial charge in [0, 0.05) is 0 Å². The van der Waals surface area contributed by atoms with Gasteiger partial charge in [0.1, 0.15) is 0 Å². The molecular formula is C24H27P. The molecule has 0 saturated heterocycles. The van der Waals surface area contributed by atoms with Crippen LogP contribution in [-0.4, -0.2) is 0 Å². The third-order valence-electron chi connectivity index (χ3n) is 5.12. The molecule has 1 heteroatoms. The molecule has 3 aromatic rings. The topological polar surface area (TPSA) is 0 Å². The van der Waals surface area contributed by atoms with Crippen molar-refractivity contribution in [3.8, 4) is 0 Å². The van der Waals surface area contributed by atoms with Gasteiger partial charge in [-0.1, -0.05) is 54.6 Å². The number of benzene rings is 3. The van der Waals surface area contributed by atoms with Crippen LogP contribution < -0.4 is 15.9 Å². The Morgan fingerprint density at radius 1 is 0.480 bits per heavy atom. The average molecular weight is 346 g/mol. The predicted molar refractivity (Wildman–Crippen MR) is 114 cm³/mol. The fraction of sp³-hybridized carbons (Fsp3) is 0.250. The summed E-state index contributed by atoms with van der Waals surface area (Å²) in [7, 11) is -0.545. The van der Waals surface area contributed by atoms with Crippen molar-refractivity contribution in [2.24, 2.45) is 0 Å². The monoisotopic (exact) mass is 346 g/mol. The molecule has 0 nitrogen and oxygen atoms in total. The molecule has 128 valence electrons. The highest BCUT2D eigenvalue weighted by atomic mass is 31.1. The zero-order valence-electron chi connectivity index (χ0n) is 16.1. The van der Waals surface area contributed by atoms with Crippen LogP contribution in [0, 0.1) is 41.5 Å². The molecule has 0 fully saturated rings. The van der Waals surface area contributed by atoms with Crippen molar-refractivity contribution in [1.82, 2.24) is 0 Å². The van der Waals surface area contributed by atoms with Gasteiger partial charge < -0.3 is 0 Å². The minimum atomic E-state index is -0.545. The summed E-state index contributed by atoms with van der Waals surface area (Å²) in [5, 5.41) is 4.39. The lowest BCUT2D eigenvalue weighted by Crippen LogP contribution is -2.25. The van der Waals surface area contributed by atoms with Crippen molar-refractivity contribution in [2.75, 3.05) is 0 Å². The summed E-state index contributed by atoms with van der Waals surface area (Å²) in [6.45, 7) is 13.4. The van der Waals surface area contributed by atoms with Crippen LogP contribution in [0.5, 0.6) is 0 Å². The van der Waals surface area contributed by atoms with Crippen molar-refractivity contribution in [2.45, 2.75) is 41.5 Å². The van der Waals surface area contributed by atoms with E-state index >= 15 is 0 Å². The molecule has 0 amide bonds. The maximum Gasteiger partial charge on any atom is -0.0119 e. The first-order chi connectivity index (χ1) is 11.9. The van der Waals surface area contributed by atoms with Gasteiger partial charge in [-0.15, -0.1) is 0 Å². The molecule has 25 heavy (non-hydrogen) atoms. The van der Waals surface area contributed by atoms with Crippen LogP contribution in [0.4, 0.5) is 0 Å². The largest absolute Gasteiger partial charge is 0.0622 e. The second kappa shape index (κ2) is 7.14. The lowest BCUT2D eigenvalue weighted by atomic mass is 10.1. The van der Waals surface area contributed by atoms with E-state index in [4.69, 9.17) is 0 Å². The van der Waals surface area contributed by atoms with E-state index in [0.29, 0.717) is 0 Å². The second-order valence-electron chi connectivity index (χ2n) is 7.12. The molecule has 0 atom stereocenters. The first kappa shape index (κ1) is 17.9. The molecule has 0 saturated carbocycles. The summed E-state index contributed by atoms with van der Waals surface area (Å²) in [6, 6.07) is 20.5. The van der Waals surface area contributed by atoms with Crippen LogP contribution in [0.2, 0.25) is 0 Å². The fourth-order valence-corrected chi connectivity index (χ4v) is 6.12. The number of hydrogen-bond donors (Lipinski definition) is 0. The quantitative estimate of drug-likeness (QED) is 0.565. The molecule has 0 unspecified atom stereocenters. The summed E-state index contributed by atoms with van der Waals surface area (Å²) in [4.78, 5) is 0. The Morgan fingerprint density at radius 2 is 0.880 bits per heavy atom. The summed E-state index contributed by atoms with van der Waals surface area (Å²) < 4.78 is 0. The van der Waals surface area contributed by atoms with Gasteiger partial charge in [-0.3, -0.25) is 0 Å². The SMILES string of the molecule is Cc1cc(C)c(P(c2ccccc2)c2cc(C)c(C)cc2C)cc1C. The smallest absolute Gasteiger partial charge is 0.0119 e. The van der Waals surface area contributed by atoms with E-state index in [1.54, 1.807) is 0 Å².